The van der Waals surface area contributed by atoms with Crippen LogP contribution in [0.1, 0.15) is 19.8 Å². The monoisotopic (exact) mass is 284 g/mol. The Hall–Kier alpha value is 0.590. The van der Waals surface area contributed by atoms with Gasteiger partial charge in [0.25, 0.3) is 0 Å². The molecule has 0 aliphatic carbocycles. The summed E-state index contributed by atoms with van der Waals surface area (Å²) in [7, 11) is 0. The van der Waals surface area contributed by atoms with E-state index in [0.29, 0.717) is 13.0 Å². The Bertz CT molecular complexity index is 168. The Morgan fingerprint density at radius 2 is 2.27 bits per heavy atom. The molecule has 1 unspecified atom stereocenters. The van der Waals surface area contributed by atoms with Gasteiger partial charge < -0.3 is 4.74 Å². The fraction of sp³-hybridized carbons (Fsp3) is 0.857. The molecule has 0 aromatic heterocycles. The lowest BCUT2D eigenvalue weighted by Crippen LogP contribution is -2.31. The highest BCUT2D eigenvalue weighted by Crippen LogP contribution is 2.39. The van der Waals surface area contributed by atoms with Gasteiger partial charge in [0, 0.05) is 12.3 Å². The Morgan fingerprint density at radius 1 is 1.64 bits per heavy atom. The Balaban J connectivity index is 2.53. The van der Waals surface area contributed by atoms with Gasteiger partial charge in [0.1, 0.15) is 5.78 Å². The van der Waals surface area contributed by atoms with Gasteiger partial charge in [-0.15, -0.1) is 0 Å². The van der Waals surface area contributed by atoms with E-state index in [2.05, 4.69) is 31.9 Å². The summed E-state index contributed by atoms with van der Waals surface area (Å²) in [5.41, 5.74) is 0. The van der Waals surface area contributed by atoms with Crippen molar-refractivity contribution in [3.63, 3.8) is 0 Å². The molecule has 0 bridgehead atoms. The molecule has 4 heteroatoms. The SMILES string of the molecule is CC(=O)C1CCOC(Br)(Br)C1. The van der Waals surface area contributed by atoms with E-state index in [0.717, 1.165) is 6.42 Å². The highest BCUT2D eigenvalue weighted by Gasteiger charge is 2.34. The van der Waals surface area contributed by atoms with Crippen LogP contribution in [0, 0.1) is 5.92 Å². The van der Waals surface area contributed by atoms with E-state index in [9.17, 15) is 4.79 Å². The van der Waals surface area contributed by atoms with Crippen LogP contribution < -0.4 is 0 Å². The minimum atomic E-state index is -0.464. The van der Waals surface area contributed by atoms with Crippen LogP contribution in [-0.2, 0) is 9.53 Å². The van der Waals surface area contributed by atoms with Gasteiger partial charge in [0.15, 0.2) is 3.42 Å². The second-order valence-electron chi connectivity index (χ2n) is 2.79. The van der Waals surface area contributed by atoms with Crippen molar-refractivity contribution in [3.8, 4) is 0 Å². The van der Waals surface area contributed by atoms with E-state index >= 15 is 0 Å². The molecule has 0 aromatic rings. The third-order valence-electron chi connectivity index (χ3n) is 1.84. The molecule has 1 aliphatic rings. The zero-order chi connectivity index (χ0) is 8.48. The molecule has 0 saturated carbocycles. The topological polar surface area (TPSA) is 26.3 Å². The van der Waals surface area contributed by atoms with Crippen LogP contribution in [0.15, 0.2) is 0 Å². The van der Waals surface area contributed by atoms with E-state index < -0.39 is 3.42 Å². The molecule has 64 valence electrons. The minimum absolute atomic E-state index is 0.141. The number of alkyl halides is 2. The molecule has 1 atom stereocenters. The molecule has 1 fully saturated rings. The van der Waals surface area contributed by atoms with Crippen LogP contribution in [0.3, 0.4) is 0 Å². The summed E-state index contributed by atoms with van der Waals surface area (Å²) < 4.78 is 4.86. The summed E-state index contributed by atoms with van der Waals surface area (Å²) in [4.78, 5) is 11.0. The predicted molar refractivity (Wildman–Crippen MR) is 49.9 cm³/mol. The van der Waals surface area contributed by atoms with Crippen LogP contribution in [0.2, 0.25) is 0 Å². The lowest BCUT2D eigenvalue weighted by atomic mass is 9.96. The maximum Gasteiger partial charge on any atom is 0.178 e. The number of halogens is 2. The first-order chi connectivity index (χ1) is 5.01. The highest BCUT2D eigenvalue weighted by molar-refractivity contribution is 9.25. The summed E-state index contributed by atoms with van der Waals surface area (Å²) in [6.45, 7) is 2.27. The third kappa shape index (κ3) is 2.84. The molecule has 0 amide bonds. The van der Waals surface area contributed by atoms with Gasteiger partial charge in [-0.2, -0.15) is 0 Å². The molecule has 1 heterocycles. The lowest BCUT2D eigenvalue weighted by molar-refractivity contribution is -0.124. The van der Waals surface area contributed by atoms with Crippen molar-refractivity contribution in [2.75, 3.05) is 6.61 Å². The Morgan fingerprint density at radius 3 is 2.64 bits per heavy atom. The molecule has 0 spiro atoms. The number of hydrogen-bond donors (Lipinski definition) is 0. The van der Waals surface area contributed by atoms with Crippen molar-refractivity contribution in [2.45, 2.75) is 23.2 Å². The fourth-order valence-corrected chi connectivity index (χ4v) is 2.25. The second-order valence-corrected chi connectivity index (χ2v) is 6.41. The molecular formula is C7H10Br2O2. The minimum Gasteiger partial charge on any atom is -0.354 e. The van der Waals surface area contributed by atoms with Gasteiger partial charge in [0.2, 0.25) is 0 Å². The summed E-state index contributed by atoms with van der Waals surface area (Å²) in [5.74, 6) is 0.388. The molecule has 1 aliphatic heterocycles. The summed E-state index contributed by atoms with van der Waals surface area (Å²) in [6, 6.07) is 0. The number of ketones is 1. The average molecular weight is 286 g/mol. The molecule has 2 nitrogen and oxygen atoms in total. The van der Waals surface area contributed by atoms with E-state index in [4.69, 9.17) is 4.74 Å². The van der Waals surface area contributed by atoms with Crippen LogP contribution in [-0.4, -0.2) is 15.8 Å². The number of ether oxygens (including phenoxy) is 1. The first-order valence-electron chi connectivity index (χ1n) is 3.53. The van der Waals surface area contributed by atoms with Crippen LogP contribution in [0.25, 0.3) is 0 Å². The van der Waals surface area contributed by atoms with Crippen molar-refractivity contribution in [1.29, 1.82) is 0 Å². The molecule has 0 N–H and O–H groups in total. The zero-order valence-corrected chi connectivity index (χ0v) is 9.44. The number of carbonyl (C=O) groups is 1. The van der Waals surface area contributed by atoms with Crippen molar-refractivity contribution in [2.24, 2.45) is 5.92 Å². The number of rotatable bonds is 1. The number of Topliss-reactive ketones (excluding diaryl/α,β-unsaturated/α-hetero) is 1. The van der Waals surface area contributed by atoms with E-state index in [1.807, 2.05) is 0 Å². The summed E-state index contributed by atoms with van der Waals surface area (Å²) in [5, 5.41) is 0. The third-order valence-corrected chi connectivity index (χ3v) is 2.94. The standard InChI is InChI=1S/C7H10Br2O2/c1-5(10)6-2-3-11-7(8,9)4-6/h6H,2-4H2,1H3. The largest absolute Gasteiger partial charge is 0.354 e. The lowest BCUT2D eigenvalue weighted by Gasteiger charge is -2.30. The molecule has 0 radical (unpaired) electrons. The van der Waals surface area contributed by atoms with Gasteiger partial charge in [-0.1, -0.05) is 0 Å². The predicted octanol–water partition coefficient (Wildman–Crippen LogP) is 2.45. The normalized spacial score (nSPS) is 29.9. The second kappa shape index (κ2) is 3.54. The van der Waals surface area contributed by atoms with Crippen molar-refractivity contribution < 1.29 is 9.53 Å². The average Bonchev–Trinajstić information content (AvgIpc) is 1.85. The quantitative estimate of drug-likeness (QED) is 0.692. The van der Waals surface area contributed by atoms with Gasteiger partial charge in [-0.05, 0) is 45.2 Å². The summed E-state index contributed by atoms with van der Waals surface area (Å²) in [6.07, 6.45) is 1.55. The zero-order valence-electron chi connectivity index (χ0n) is 6.27. The first kappa shape index (κ1) is 9.68. The van der Waals surface area contributed by atoms with E-state index in [1.54, 1.807) is 6.92 Å². The van der Waals surface area contributed by atoms with Crippen molar-refractivity contribution in [1.82, 2.24) is 0 Å². The van der Waals surface area contributed by atoms with Crippen LogP contribution >= 0.6 is 31.9 Å². The molecule has 1 saturated heterocycles. The summed E-state index contributed by atoms with van der Waals surface area (Å²) >= 11 is 6.69. The fourth-order valence-electron chi connectivity index (χ4n) is 1.15. The van der Waals surface area contributed by atoms with Gasteiger partial charge in [-0.3, -0.25) is 4.79 Å². The maximum absolute atomic E-state index is 11.0. The molecule has 0 aromatic carbocycles. The molecule has 1 rings (SSSR count). The van der Waals surface area contributed by atoms with E-state index in [-0.39, 0.29) is 11.7 Å². The van der Waals surface area contributed by atoms with Gasteiger partial charge in [-0.25, -0.2) is 0 Å². The van der Waals surface area contributed by atoms with Crippen LogP contribution in [0.5, 0.6) is 0 Å². The molecule has 11 heavy (non-hydrogen) atoms. The molecular weight excluding hydrogens is 276 g/mol. The van der Waals surface area contributed by atoms with Gasteiger partial charge >= 0.3 is 0 Å². The van der Waals surface area contributed by atoms with E-state index in [1.165, 1.54) is 0 Å². The van der Waals surface area contributed by atoms with Crippen molar-refractivity contribution >= 4 is 37.6 Å². The Kier molecular flexibility index (Phi) is 3.11. The first-order valence-corrected chi connectivity index (χ1v) is 5.12. The van der Waals surface area contributed by atoms with Crippen LogP contribution in [0.4, 0.5) is 0 Å². The Labute approximate surface area is 82.9 Å². The number of hydrogen-bond acceptors (Lipinski definition) is 2. The maximum atomic E-state index is 11.0. The highest BCUT2D eigenvalue weighted by atomic mass is 79.9. The smallest absolute Gasteiger partial charge is 0.178 e. The number of carbonyl (C=O) groups excluding carboxylic acids is 1. The van der Waals surface area contributed by atoms with Crippen molar-refractivity contribution in [3.05, 3.63) is 0 Å². The van der Waals surface area contributed by atoms with Gasteiger partial charge in [0.05, 0.1) is 6.61 Å².